The molecule has 0 saturated carbocycles. The van der Waals surface area contributed by atoms with Crippen LogP contribution in [0.15, 0.2) is 0 Å². The summed E-state index contributed by atoms with van der Waals surface area (Å²) >= 11 is 0. The average Bonchev–Trinajstić information content (AvgIpc) is 1.92. The Morgan fingerprint density at radius 3 is 1.15 bits per heavy atom. The van der Waals surface area contributed by atoms with Crippen molar-refractivity contribution in [1.29, 1.82) is 0 Å². The first-order valence-electron chi connectivity index (χ1n) is 4.09. The normalized spacial score (nSPS) is 12.0. The molecule has 0 heterocycles. The van der Waals surface area contributed by atoms with Crippen molar-refractivity contribution in [2.75, 3.05) is 17.3 Å². The SMILES string of the molecule is O=S(=O)([O-])CCC(CS(=O)(=O)[O-])CS(=O)(=O)[O-].[Na+].[Na+].[Na+]. The number of rotatable bonds is 7. The van der Waals surface area contributed by atoms with E-state index in [9.17, 15) is 38.9 Å². The summed E-state index contributed by atoms with van der Waals surface area (Å²) in [6.45, 7) is 0. The smallest absolute Gasteiger partial charge is 0.748 e. The second kappa shape index (κ2) is 12.1. The first-order valence-corrected chi connectivity index (χ1v) is 8.82. The van der Waals surface area contributed by atoms with Crippen LogP contribution in [0.2, 0.25) is 0 Å². The summed E-state index contributed by atoms with van der Waals surface area (Å²) in [7, 11) is -14.3. The molecule has 0 atom stereocenters. The summed E-state index contributed by atoms with van der Waals surface area (Å²) < 4.78 is 93.0. The van der Waals surface area contributed by atoms with E-state index < -0.39 is 60.0 Å². The summed E-state index contributed by atoms with van der Waals surface area (Å²) in [5.41, 5.74) is 0. The summed E-state index contributed by atoms with van der Waals surface area (Å²) in [4.78, 5) is 0. The maximum Gasteiger partial charge on any atom is 1.00 e. The summed E-state index contributed by atoms with van der Waals surface area (Å²) in [5, 5.41) is 0. The van der Waals surface area contributed by atoms with Crippen molar-refractivity contribution < 1.29 is 128 Å². The van der Waals surface area contributed by atoms with Crippen LogP contribution in [0, 0.1) is 5.92 Å². The van der Waals surface area contributed by atoms with E-state index in [0.29, 0.717) is 0 Å². The first kappa shape index (κ1) is 30.6. The van der Waals surface area contributed by atoms with Crippen LogP contribution in [-0.4, -0.2) is 56.2 Å². The van der Waals surface area contributed by atoms with E-state index >= 15 is 0 Å². The fourth-order valence-electron chi connectivity index (χ4n) is 1.10. The van der Waals surface area contributed by atoms with E-state index in [-0.39, 0.29) is 88.7 Å². The van der Waals surface area contributed by atoms with Gasteiger partial charge in [-0.3, -0.25) is 0 Å². The molecule has 0 saturated heterocycles. The van der Waals surface area contributed by atoms with E-state index in [4.69, 9.17) is 0 Å². The topological polar surface area (TPSA) is 172 Å². The molecule has 0 aliphatic rings. The van der Waals surface area contributed by atoms with Gasteiger partial charge in [0, 0.05) is 17.3 Å². The molecular formula is C5H9Na3O9S3. The molecule has 0 rings (SSSR count). The quantitative estimate of drug-likeness (QED) is 0.308. The molecule has 0 aromatic carbocycles. The molecule has 0 unspecified atom stereocenters. The maximum atomic E-state index is 10.4. The Morgan fingerprint density at radius 1 is 0.650 bits per heavy atom. The van der Waals surface area contributed by atoms with Crippen LogP contribution in [-0.2, 0) is 30.4 Å². The van der Waals surface area contributed by atoms with Gasteiger partial charge in [-0.15, -0.1) is 0 Å². The minimum Gasteiger partial charge on any atom is -0.748 e. The average molecular weight is 378 g/mol. The Kier molecular flexibility index (Phi) is 18.6. The molecule has 15 heteroatoms. The van der Waals surface area contributed by atoms with Gasteiger partial charge in [-0.2, -0.15) is 0 Å². The van der Waals surface area contributed by atoms with Gasteiger partial charge in [0.1, 0.15) is 0 Å². The van der Waals surface area contributed by atoms with Gasteiger partial charge in [0.25, 0.3) is 0 Å². The zero-order chi connectivity index (χ0) is 13.9. The molecule has 0 aromatic heterocycles. The van der Waals surface area contributed by atoms with Gasteiger partial charge in [0.2, 0.25) is 0 Å². The van der Waals surface area contributed by atoms with Crippen molar-refractivity contribution in [1.82, 2.24) is 0 Å². The van der Waals surface area contributed by atoms with Gasteiger partial charge in [-0.05, 0) is 12.3 Å². The van der Waals surface area contributed by atoms with Crippen LogP contribution >= 0.6 is 0 Å². The minimum absolute atomic E-state index is 0. The molecule has 0 radical (unpaired) electrons. The second-order valence-electron chi connectivity index (χ2n) is 3.37. The van der Waals surface area contributed by atoms with Crippen LogP contribution < -0.4 is 88.7 Å². The van der Waals surface area contributed by atoms with Crippen molar-refractivity contribution >= 4 is 30.4 Å². The molecule has 0 aliphatic heterocycles. The standard InChI is InChI=1S/C5H12O9S3.3Na/c6-15(7,8)2-1-5(3-16(9,10)11)4-17(12,13)14;;;/h5H,1-4H2,(H,6,7,8)(H,9,10,11)(H,12,13,14);;;/q;3*+1/p-3. The number of hydrogen-bond donors (Lipinski definition) is 0. The molecule has 0 aromatic rings. The molecule has 20 heavy (non-hydrogen) atoms. The van der Waals surface area contributed by atoms with Crippen LogP contribution in [0.5, 0.6) is 0 Å². The summed E-state index contributed by atoms with van der Waals surface area (Å²) in [5.74, 6) is -4.94. The van der Waals surface area contributed by atoms with E-state index in [1.807, 2.05) is 0 Å². The Morgan fingerprint density at radius 2 is 0.950 bits per heavy atom. The second-order valence-corrected chi connectivity index (χ2v) is 7.79. The Balaban J connectivity index is -0.000000427. The maximum absolute atomic E-state index is 10.4. The molecule has 0 spiro atoms. The summed E-state index contributed by atoms with van der Waals surface area (Å²) in [6, 6.07) is 0. The van der Waals surface area contributed by atoms with Gasteiger partial charge in [-0.1, -0.05) is 0 Å². The van der Waals surface area contributed by atoms with E-state index in [2.05, 4.69) is 0 Å². The Labute approximate surface area is 184 Å². The van der Waals surface area contributed by atoms with Crippen molar-refractivity contribution in [3.63, 3.8) is 0 Å². The number of hydrogen-bond acceptors (Lipinski definition) is 9. The van der Waals surface area contributed by atoms with Gasteiger partial charge >= 0.3 is 88.7 Å². The predicted molar refractivity (Wildman–Crippen MR) is 51.8 cm³/mol. The molecule has 0 bridgehead atoms. The van der Waals surface area contributed by atoms with E-state index in [1.54, 1.807) is 0 Å². The largest absolute Gasteiger partial charge is 1.00 e. The van der Waals surface area contributed by atoms with Crippen LogP contribution in [0.1, 0.15) is 6.42 Å². The third kappa shape index (κ3) is 23.0. The molecule has 0 amide bonds. The zero-order valence-electron chi connectivity index (χ0n) is 11.3. The molecule has 0 fully saturated rings. The minimum atomic E-state index is -4.81. The Hall–Kier alpha value is 2.73. The van der Waals surface area contributed by atoms with Gasteiger partial charge in [0.15, 0.2) is 0 Å². The van der Waals surface area contributed by atoms with Crippen molar-refractivity contribution in [2.24, 2.45) is 5.92 Å². The first-order chi connectivity index (χ1) is 7.29. The van der Waals surface area contributed by atoms with Crippen molar-refractivity contribution in [3.8, 4) is 0 Å². The summed E-state index contributed by atoms with van der Waals surface area (Å²) in [6.07, 6.45) is -0.672. The fourth-order valence-corrected chi connectivity index (χ4v) is 3.60. The molecule has 0 aliphatic carbocycles. The van der Waals surface area contributed by atoms with Crippen LogP contribution in [0.3, 0.4) is 0 Å². The van der Waals surface area contributed by atoms with E-state index in [1.165, 1.54) is 0 Å². The van der Waals surface area contributed by atoms with Gasteiger partial charge in [0.05, 0.1) is 30.4 Å². The van der Waals surface area contributed by atoms with Crippen molar-refractivity contribution in [3.05, 3.63) is 0 Å². The predicted octanol–water partition coefficient (Wildman–Crippen LogP) is -11.4. The zero-order valence-corrected chi connectivity index (χ0v) is 19.8. The molecule has 104 valence electrons. The third-order valence-electron chi connectivity index (χ3n) is 1.66. The van der Waals surface area contributed by atoms with Crippen molar-refractivity contribution in [2.45, 2.75) is 6.42 Å². The van der Waals surface area contributed by atoms with Crippen LogP contribution in [0.4, 0.5) is 0 Å². The molecule has 0 N–H and O–H groups in total. The third-order valence-corrected chi connectivity index (χ3v) is 4.15. The van der Waals surface area contributed by atoms with Crippen LogP contribution in [0.25, 0.3) is 0 Å². The Bertz CT molecular complexity index is 518. The fraction of sp³-hybridized carbons (Fsp3) is 1.00. The monoisotopic (exact) mass is 378 g/mol. The van der Waals surface area contributed by atoms with Gasteiger partial charge < -0.3 is 13.7 Å². The molecule has 9 nitrogen and oxygen atoms in total. The molecular weight excluding hydrogens is 369 g/mol. The van der Waals surface area contributed by atoms with Gasteiger partial charge in [-0.25, -0.2) is 25.3 Å². The van der Waals surface area contributed by atoms with E-state index in [0.717, 1.165) is 0 Å².